The highest BCUT2D eigenvalue weighted by Gasteiger charge is 2.42. The maximum atomic E-state index is 12.5. The minimum atomic E-state index is -0.191. The minimum absolute atomic E-state index is 0.0118. The summed E-state index contributed by atoms with van der Waals surface area (Å²) in [6.07, 6.45) is 4.95. The first-order valence-electron chi connectivity index (χ1n) is 7.11. The zero-order valence-electron chi connectivity index (χ0n) is 11.7. The number of piperidine rings is 1. The van der Waals surface area contributed by atoms with Crippen molar-refractivity contribution >= 4 is 11.8 Å². The quantitative estimate of drug-likeness (QED) is 0.838. The highest BCUT2D eigenvalue weighted by molar-refractivity contribution is 5.94. The van der Waals surface area contributed by atoms with Crippen LogP contribution >= 0.6 is 0 Å². The van der Waals surface area contributed by atoms with E-state index in [1.54, 1.807) is 6.20 Å². The van der Waals surface area contributed by atoms with Gasteiger partial charge in [-0.3, -0.25) is 14.6 Å². The zero-order valence-corrected chi connectivity index (χ0v) is 11.7. The van der Waals surface area contributed by atoms with Gasteiger partial charge in [-0.2, -0.15) is 0 Å². The van der Waals surface area contributed by atoms with E-state index in [-0.39, 0.29) is 17.4 Å². The van der Waals surface area contributed by atoms with Crippen LogP contribution in [0.4, 0.5) is 0 Å². The predicted octanol–water partition coefficient (Wildman–Crippen LogP) is 1.27. The fraction of sp³-hybridized carbons (Fsp3) is 0.533. The SMILES string of the molecule is Cc1ccc(C(=O)N2CCCC3(CCC(=O)N3)C2)cn1. The van der Waals surface area contributed by atoms with Crippen molar-refractivity contribution in [2.24, 2.45) is 0 Å². The Morgan fingerprint density at radius 3 is 2.90 bits per heavy atom. The van der Waals surface area contributed by atoms with Crippen molar-refractivity contribution in [3.63, 3.8) is 0 Å². The van der Waals surface area contributed by atoms with Crippen LogP contribution in [0.25, 0.3) is 0 Å². The minimum Gasteiger partial charge on any atom is -0.349 e. The number of amides is 2. The number of hydrogen-bond acceptors (Lipinski definition) is 3. The van der Waals surface area contributed by atoms with Crippen molar-refractivity contribution in [1.29, 1.82) is 0 Å². The molecule has 2 saturated heterocycles. The molecule has 1 spiro atoms. The lowest BCUT2D eigenvalue weighted by Crippen LogP contribution is -2.56. The Labute approximate surface area is 118 Å². The number of carbonyl (C=O) groups excluding carboxylic acids is 2. The van der Waals surface area contributed by atoms with Gasteiger partial charge in [-0.15, -0.1) is 0 Å². The Kier molecular flexibility index (Phi) is 3.20. The van der Waals surface area contributed by atoms with Gasteiger partial charge in [0.15, 0.2) is 0 Å². The van der Waals surface area contributed by atoms with Crippen molar-refractivity contribution in [1.82, 2.24) is 15.2 Å². The van der Waals surface area contributed by atoms with Crippen LogP contribution in [0.1, 0.15) is 41.7 Å². The molecular weight excluding hydrogens is 254 g/mol. The summed E-state index contributed by atoms with van der Waals surface area (Å²) < 4.78 is 0. The van der Waals surface area contributed by atoms with E-state index >= 15 is 0 Å². The summed E-state index contributed by atoms with van der Waals surface area (Å²) in [5.74, 6) is 0.119. The van der Waals surface area contributed by atoms with E-state index in [0.29, 0.717) is 18.5 Å². The number of nitrogens with one attached hydrogen (secondary N) is 1. The Balaban J connectivity index is 1.75. The van der Waals surface area contributed by atoms with Gasteiger partial charge >= 0.3 is 0 Å². The molecule has 2 aliphatic heterocycles. The van der Waals surface area contributed by atoms with Gasteiger partial charge in [0.1, 0.15) is 0 Å². The van der Waals surface area contributed by atoms with Crippen LogP contribution in [0.2, 0.25) is 0 Å². The molecule has 1 aromatic rings. The molecule has 106 valence electrons. The van der Waals surface area contributed by atoms with E-state index in [2.05, 4.69) is 10.3 Å². The third-order valence-electron chi connectivity index (χ3n) is 4.26. The summed E-state index contributed by atoms with van der Waals surface area (Å²) in [5, 5.41) is 3.07. The van der Waals surface area contributed by atoms with Gasteiger partial charge < -0.3 is 10.2 Å². The summed E-state index contributed by atoms with van der Waals surface area (Å²) in [5.41, 5.74) is 1.33. The molecule has 1 atom stereocenters. The highest BCUT2D eigenvalue weighted by atomic mass is 16.2. The third kappa shape index (κ3) is 2.40. The molecule has 0 radical (unpaired) electrons. The smallest absolute Gasteiger partial charge is 0.255 e. The van der Waals surface area contributed by atoms with Crippen LogP contribution in [-0.2, 0) is 4.79 Å². The fourth-order valence-electron chi connectivity index (χ4n) is 3.16. The summed E-state index contributed by atoms with van der Waals surface area (Å²) in [6, 6.07) is 3.67. The maximum Gasteiger partial charge on any atom is 0.255 e. The van der Waals surface area contributed by atoms with Crippen LogP contribution in [0, 0.1) is 6.92 Å². The summed E-state index contributed by atoms with van der Waals surface area (Å²) in [4.78, 5) is 30.0. The maximum absolute atomic E-state index is 12.5. The van der Waals surface area contributed by atoms with Gasteiger partial charge in [0.2, 0.25) is 5.91 Å². The van der Waals surface area contributed by atoms with Crippen molar-refractivity contribution in [3.8, 4) is 0 Å². The van der Waals surface area contributed by atoms with Crippen LogP contribution in [0.3, 0.4) is 0 Å². The van der Waals surface area contributed by atoms with E-state index < -0.39 is 0 Å². The lowest BCUT2D eigenvalue weighted by atomic mass is 9.87. The molecule has 3 rings (SSSR count). The molecular formula is C15H19N3O2. The van der Waals surface area contributed by atoms with E-state index in [1.807, 2.05) is 24.0 Å². The molecule has 20 heavy (non-hydrogen) atoms. The summed E-state index contributed by atoms with van der Waals surface area (Å²) in [6.45, 7) is 3.27. The topological polar surface area (TPSA) is 62.3 Å². The molecule has 0 aliphatic carbocycles. The number of aryl methyl sites for hydroxylation is 1. The van der Waals surface area contributed by atoms with Crippen LogP contribution in [0.5, 0.6) is 0 Å². The zero-order chi connectivity index (χ0) is 14.2. The molecule has 3 heterocycles. The average molecular weight is 273 g/mol. The molecule has 0 aromatic carbocycles. The molecule has 2 amide bonds. The number of carbonyl (C=O) groups is 2. The molecule has 2 fully saturated rings. The molecule has 1 unspecified atom stereocenters. The summed E-state index contributed by atoms with van der Waals surface area (Å²) >= 11 is 0. The number of pyridine rings is 1. The van der Waals surface area contributed by atoms with Crippen molar-refractivity contribution in [2.75, 3.05) is 13.1 Å². The molecule has 0 bridgehead atoms. The first-order chi connectivity index (χ1) is 9.58. The second kappa shape index (κ2) is 4.89. The number of hydrogen-bond donors (Lipinski definition) is 1. The number of rotatable bonds is 1. The van der Waals surface area contributed by atoms with Gasteiger partial charge in [0.05, 0.1) is 11.1 Å². The van der Waals surface area contributed by atoms with E-state index in [1.165, 1.54) is 0 Å². The Morgan fingerprint density at radius 2 is 2.25 bits per heavy atom. The van der Waals surface area contributed by atoms with Gasteiger partial charge in [0, 0.05) is 31.4 Å². The Hall–Kier alpha value is -1.91. The molecule has 5 heteroatoms. The second-order valence-corrected chi connectivity index (χ2v) is 5.85. The van der Waals surface area contributed by atoms with Crippen LogP contribution in [0.15, 0.2) is 18.3 Å². The van der Waals surface area contributed by atoms with Crippen molar-refractivity contribution in [2.45, 2.75) is 38.1 Å². The van der Waals surface area contributed by atoms with E-state index in [0.717, 1.165) is 31.5 Å². The van der Waals surface area contributed by atoms with E-state index in [9.17, 15) is 9.59 Å². The largest absolute Gasteiger partial charge is 0.349 e. The lowest BCUT2D eigenvalue weighted by molar-refractivity contribution is -0.120. The van der Waals surface area contributed by atoms with Crippen LogP contribution < -0.4 is 5.32 Å². The Morgan fingerprint density at radius 1 is 1.40 bits per heavy atom. The van der Waals surface area contributed by atoms with Gasteiger partial charge in [-0.25, -0.2) is 0 Å². The second-order valence-electron chi connectivity index (χ2n) is 5.85. The fourth-order valence-corrected chi connectivity index (χ4v) is 3.16. The number of nitrogens with zero attached hydrogens (tertiary/aromatic N) is 2. The van der Waals surface area contributed by atoms with Crippen molar-refractivity contribution < 1.29 is 9.59 Å². The molecule has 1 N–H and O–H groups in total. The first kappa shape index (κ1) is 13.1. The van der Waals surface area contributed by atoms with Crippen molar-refractivity contribution in [3.05, 3.63) is 29.6 Å². The monoisotopic (exact) mass is 273 g/mol. The third-order valence-corrected chi connectivity index (χ3v) is 4.26. The summed E-state index contributed by atoms with van der Waals surface area (Å²) in [7, 11) is 0. The molecule has 2 aliphatic rings. The Bertz CT molecular complexity index is 541. The number of likely N-dealkylation sites (tertiary alicyclic amines) is 1. The number of aromatic nitrogens is 1. The first-order valence-corrected chi connectivity index (χ1v) is 7.11. The van der Waals surface area contributed by atoms with E-state index in [4.69, 9.17) is 0 Å². The predicted molar refractivity (Wildman–Crippen MR) is 74.2 cm³/mol. The van der Waals surface area contributed by atoms with Crippen LogP contribution in [-0.4, -0.2) is 40.3 Å². The molecule has 1 aromatic heterocycles. The average Bonchev–Trinajstić information content (AvgIpc) is 2.79. The normalized spacial score (nSPS) is 25.9. The standard InChI is InChI=1S/C15H19N3O2/c1-11-3-4-12(9-16-11)14(20)18-8-2-6-15(10-18)7-5-13(19)17-15/h3-4,9H,2,5-8,10H2,1H3,(H,17,19). The molecule has 0 saturated carbocycles. The molecule has 5 nitrogen and oxygen atoms in total. The highest BCUT2D eigenvalue weighted by Crippen LogP contribution is 2.30. The van der Waals surface area contributed by atoms with Gasteiger partial charge in [-0.1, -0.05) is 0 Å². The van der Waals surface area contributed by atoms with Gasteiger partial charge in [0.25, 0.3) is 5.91 Å². The van der Waals surface area contributed by atoms with Gasteiger partial charge in [-0.05, 0) is 38.3 Å². The lowest BCUT2D eigenvalue weighted by Gasteiger charge is -2.40.